The predicted molar refractivity (Wildman–Crippen MR) is 132 cm³/mol. The summed E-state index contributed by atoms with van der Waals surface area (Å²) in [6.07, 6.45) is 0. The van der Waals surface area contributed by atoms with Crippen molar-refractivity contribution < 1.29 is 28.7 Å². The highest BCUT2D eigenvalue weighted by molar-refractivity contribution is 7.13. The fourth-order valence-corrected chi connectivity index (χ4v) is 4.56. The van der Waals surface area contributed by atoms with Crippen molar-refractivity contribution in [1.82, 2.24) is 0 Å². The number of methoxy groups -OCH3 is 2. The van der Waals surface area contributed by atoms with E-state index in [1.165, 1.54) is 20.3 Å². The summed E-state index contributed by atoms with van der Waals surface area (Å²) in [7, 11) is 2.54. The van der Waals surface area contributed by atoms with Gasteiger partial charge in [0.1, 0.15) is 9.75 Å². The van der Waals surface area contributed by atoms with Gasteiger partial charge in [-0.15, -0.1) is 22.7 Å². The van der Waals surface area contributed by atoms with Gasteiger partial charge in [-0.2, -0.15) is 0 Å². The minimum atomic E-state index is -0.550. The van der Waals surface area contributed by atoms with Crippen LogP contribution in [0.2, 0.25) is 0 Å². The second-order valence-electron chi connectivity index (χ2n) is 8.27. The Morgan fingerprint density at radius 3 is 1.50 bits per heavy atom. The number of hydrogen-bond acceptors (Lipinski definition) is 8. The molecule has 2 heterocycles. The van der Waals surface area contributed by atoms with Crippen LogP contribution in [-0.4, -0.2) is 38.0 Å². The number of carbonyl (C=O) groups excluding carboxylic acids is 4. The molecule has 8 nitrogen and oxygen atoms in total. The third kappa shape index (κ3) is 5.52. The molecule has 0 saturated carbocycles. The number of rotatable bonds is 6. The summed E-state index contributed by atoms with van der Waals surface area (Å²) >= 11 is 2.30. The van der Waals surface area contributed by atoms with Crippen molar-refractivity contribution in [3.8, 4) is 0 Å². The smallest absolute Gasteiger partial charge is 0.350 e. The molecule has 0 saturated heterocycles. The molecule has 34 heavy (non-hydrogen) atoms. The first kappa shape index (κ1) is 25.1. The Balaban J connectivity index is 1.94. The van der Waals surface area contributed by atoms with Crippen molar-refractivity contribution in [2.24, 2.45) is 0 Å². The van der Waals surface area contributed by atoms with E-state index in [0.717, 1.165) is 28.2 Å². The van der Waals surface area contributed by atoms with Crippen LogP contribution in [0.3, 0.4) is 0 Å². The lowest BCUT2D eigenvalue weighted by Gasteiger charge is -2.21. The fourth-order valence-electron chi connectivity index (χ4n) is 3.03. The molecule has 178 valence electrons. The average Bonchev–Trinajstić information content (AvgIpc) is 3.46. The van der Waals surface area contributed by atoms with Crippen molar-refractivity contribution in [2.75, 3.05) is 24.9 Å². The van der Waals surface area contributed by atoms with Crippen molar-refractivity contribution in [3.63, 3.8) is 0 Å². The van der Waals surface area contributed by atoms with Crippen LogP contribution >= 0.6 is 22.7 Å². The van der Waals surface area contributed by atoms with Crippen molar-refractivity contribution in [2.45, 2.75) is 26.2 Å². The third-order valence-corrected chi connectivity index (χ3v) is 6.68. The maximum Gasteiger partial charge on any atom is 0.350 e. The number of carbonyl (C=O) groups is 4. The van der Waals surface area contributed by atoms with Gasteiger partial charge in [0.15, 0.2) is 0 Å². The number of benzene rings is 1. The zero-order valence-electron chi connectivity index (χ0n) is 19.3. The second-order valence-corrected chi connectivity index (χ2v) is 10.1. The highest BCUT2D eigenvalue weighted by atomic mass is 32.1. The van der Waals surface area contributed by atoms with Gasteiger partial charge in [0.05, 0.1) is 25.6 Å². The zero-order valence-corrected chi connectivity index (χ0v) is 20.9. The van der Waals surface area contributed by atoms with E-state index in [1.54, 1.807) is 35.0 Å². The summed E-state index contributed by atoms with van der Waals surface area (Å²) in [5.41, 5.74) is 1.56. The van der Waals surface area contributed by atoms with E-state index in [1.807, 2.05) is 20.8 Å². The minimum Gasteiger partial charge on any atom is -0.465 e. The van der Waals surface area contributed by atoms with Crippen LogP contribution in [0.25, 0.3) is 0 Å². The Morgan fingerprint density at radius 2 is 1.15 bits per heavy atom. The molecule has 0 aliphatic rings. The Labute approximate surface area is 204 Å². The number of amides is 2. The lowest BCUT2D eigenvalue weighted by Crippen LogP contribution is -2.20. The molecule has 0 aliphatic heterocycles. The van der Waals surface area contributed by atoms with Gasteiger partial charge < -0.3 is 20.1 Å². The summed E-state index contributed by atoms with van der Waals surface area (Å²) in [5.74, 6) is -2.05. The highest BCUT2D eigenvalue weighted by Crippen LogP contribution is 2.28. The number of nitrogens with one attached hydrogen (secondary N) is 2. The van der Waals surface area contributed by atoms with Crippen molar-refractivity contribution in [1.29, 1.82) is 0 Å². The first-order valence-electron chi connectivity index (χ1n) is 10.1. The summed E-state index contributed by atoms with van der Waals surface area (Å²) in [6.45, 7) is 5.90. The first-order valence-corrected chi connectivity index (χ1v) is 11.9. The van der Waals surface area contributed by atoms with E-state index >= 15 is 0 Å². The Bertz CT molecular complexity index is 1170. The Morgan fingerprint density at radius 1 is 0.735 bits per heavy atom. The molecule has 3 rings (SSSR count). The lowest BCUT2D eigenvalue weighted by molar-refractivity contribution is 0.0598. The van der Waals surface area contributed by atoms with Gasteiger partial charge >= 0.3 is 11.9 Å². The molecule has 0 fully saturated rings. The van der Waals surface area contributed by atoms with E-state index in [9.17, 15) is 19.2 Å². The molecule has 0 bridgehead atoms. The van der Waals surface area contributed by atoms with Crippen LogP contribution in [0.15, 0.2) is 41.1 Å². The van der Waals surface area contributed by atoms with Crippen LogP contribution in [0.4, 0.5) is 11.4 Å². The SMILES string of the molecule is COC(=O)c1sccc1NC(=O)c1cc(C(=O)Nc2ccsc2C(=O)OC)cc(C(C)(C)C)c1. The summed E-state index contributed by atoms with van der Waals surface area (Å²) in [6, 6.07) is 8.11. The van der Waals surface area contributed by atoms with Gasteiger partial charge in [0, 0.05) is 11.1 Å². The molecule has 1 aromatic carbocycles. The summed E-state index contributed by atoms with van der Waals surface area (Å²) in [4.78, 5) is 50.6. The fraction of sp³-hybridized carbons (Fsp3) is 0.250. The third-order valence-electron chi connectivity index (χ3n) is 4.89. The second kappa shape index (κ2) is 10.2. The van der Waals surface area contributed by atoms with Gasteiger partial charge in [-0.3, -0.25) is 9.59 Å². The molecule has 2 aromatic heterocycles. The predicted octanol–water partition coefficient (Wildman–Crippen LogP) is 5.18. The van der Waals surface area contributed by atoms with Gasteiger partial charge in [0.25, 0.3) is 11.8 Å². The lowest BCUT2D eigenvalue weighted by atomic mass is 9.85. The van der Waals surface area contributed by atoms with Crippen LogP contribution in [0.1, 0.15) is 66.4 Å². The topological polar surface area (TPSA) is 111 Å². The first-order chi connectivity index (χ1) is 16.0. The van der Waals surface area contributed by atoms with Crippen LogP contribution in [0.5, 0.6) is 0 Å². The molecule has 0 radical (unpaired) electrons. The van der Waals surface area contributed by atoms with Gasteiger partial charge in [-0.25, -0.2) is 9.59 Å². The molecule has 0 unspecified atom stereocenters. The van der Waals surface area contributed by atoms with E-state index in [-0.39, 0.29) is 26.3 Å². The molecule has 10 heteroatoms. The number of thiophene rings is 2. The van der Waals surface area contributed by atoms with Gasteiger partial charge in [0.2, 0.25) is 0 Å². The van der Waals surface area contributed by atoms with Crippen LogP contribution in [-0.2, 0) is 14.9 Å². The van der Waals surface area contributed by atoms with Gasteiger partial charge in [-0.05, 0) is 52.1 Å². The maximum atomic E-state index is 13.1. The zero-order chi connectivity index (χ0) is 25.0. The summed E-state index contributed by atoms with van der Waals surface area (Å²) in [5, 5.41) is 8.79. The number of ether oxygens (including phenoxy) is 2. The molecule has 2 N–H and O–H groups in total. The monoisotopic (exact) mass is 500 g/mol. The molecule has 3 aromatic rings. The number of hydrogen-bond donors (Lipinski definition) is 2. The molecule has 0 atom stereocenters. The molecule has 0 spiro atoms. The standard InChI is InChI=1S/C24H24N2O6S2/c1-24(2,3)15-11-13(20(27)25-16-6-8-33-18(16)22(29)31-4)10-14(12-15)21(28)26-17-7-9-34-19(17)23(30)32-5/h6-12H,1-5H3,(H,25,27)(H,26,28). The summed E-state index contributed by atoms with van der Waals surface area (Å²) < 4.78 is 9.51. The van der Waals surface area contributed by atoms with E-state index < -0.39 is 23.8 Å². The van der Waals surface area contributed by atoms with Gasteiger partial charge in [-0.1, -0.05) is 20.8 Å². The largest absolute Gasteiger partial charge is 0.465 e. The van der Waals surface area contributed by atoms with Crippen LogP contribution < -0.4 is 10.6 Å². The van der Waals surface area contributed by atoms with Crippen molar-refractivity contribution >= 4 is 57.8 Å². The number of anilines is 2. The quantitative estimate of drug-likeness (QED) is 0.451. The highest BCUT2D eigenvalue weighted by Gasteiger charge is 2.23. The molecule has 0 aliphatic carbocycles. The maximum absolute atomic E-state index is 13.1. The van der Waals surface area contributed by atoms with Crippen molar-refractivity contribution in [3.05, 3.63) is 67.5 Å². The average molecular weight is 501 g/mol. The normalized spacial score (nSPS) is 11.0. The minimum absolute atomic E-state index is 0.248. The van der Waals surface area contributed by atoms with E-state index in [0.29, 0.717) is 11.4 Å². The molecule has 2 amide bonds. The Hall–Kier alpha value is -3.50. The van der Waals surface area contributed by atoms with Crippen LogP contribution in [0, 0.1) is 0 Å². The molecular formula is C24H24N2O6S2. The van der Waals surface area contributed by atoms with E-state index in [4.69, 9.17) is 9.47 Å². The molecular weight excluding hydrogens is 476 g/mol. The number of esters is 2. The van der Waals surface area contributed by atoms with E-state index in [2.05, 4.69) is 10.6 Å². The Kier molecular flexibility index (Phi) is 7.53.